The lowest BCUT2D eigenvalue weighted by atomic mass is 10.0. The lowest BCUT2D eigenvalue weighted by Crippen LogP contribution is -2.00. The highest BCUT2D eigenvalue weighted by molar-refractivity contribution is 6.19. The molecule has 0 aliphatic heterocycles. The number of benzene rings is 1. The van der Waals surface area contributed by atoms with Crippen molar-refractivity contribution in [2.75, 3.05) is 5.88 Å². The third-order valence-corrected chi connectivity index (χ3v) is 3.18. The van der Waals surface area contributed by atoms with Crippen LogP contribution in [0.15, 0.2) is 18.2 Å². The topological polar surface area (TPSA) is 17.1 Å². The van der Waals surface area contributed by atoms with Crippen LogP contribution in [0, 0.1) is 5.92 Å². The summed E-state index contributed by atoms with van der Waals surface area (Å²) < 4.78 is 0. The van der Waals surface area contributed by atoms with Crippen molar-refractivity contribution in [1.82, 2.24) is 0 Å². The Labute approximate surface area is 95.4 Å². The van der Waals surface area contributed by atoms with Crippen molar-refractivity contribution >= 4 is 17.4 Å². The molecule has 0 bridgehead atoms. The van der Waals surface area contributed by atoms with E-state index in [1.54, 1.807) is 0 Å². The van der Waals surface area contributed by atoms with E-state index in [1.807, 2.05) is 12.1 Å². The van der Waals surface area contributed by atoms with Gasteiger partial charge >= 0.3 is 0 Å². The summed E-state index contributed by atoms with van der Waals surface area (Å²) in [6.07, 6.45) is 2.70. The number of carbonyl (C=O) groups is 1. The number of alkyl halides is 1. The van der Waals surface area contributed by atoms with Crippen LogP contribution in [0.1, 0.15) is 34.8 Å². The first-order valence-corrected chi connectivity index (χ1v) is 5.95. The van der Waals surface area contributed by atoms with E-state index in [0.29, 0.717) is 12.3 Å². The summed E-state index contributed by atoms with van der Waals surface area (Å²) in [6, 6.07) is 6.08. The second kappa shape index (κ2) is 4.36. The molecule has 1 aliphatic carbocycles. The molecule has 2 rings (SSSR count). The number of hydrogen-bond acceptors (Lipinski definition) is 1. The maximum absolute atomic E-state index is 11.6. The van der Waals surface area contributed by atoms with Gasteiger partial charge in [-0.05, 0) is 36.0 Å². The minimum absolute atomic E-state index is 0.160. The highest BCUT2D eigenvalue weighted by Gasteiger charge is 2.18. The molecule has 2 heteroatoms. The van der Waals surface area contributed by atoms with Crippen molar-refractivity contribution in [3.8, 4) is 0 Å². The van der Waals surface area contributed by atoms with Gasteiger partial charge in [0.15, 0.2) is 5.78 Å². The second-order valence-corrected chi connectivity index (χ2v) is 4.74. The molecule has 80 valence electrons. The van der Waals surface area contributed by atoms with Gasteiger partial charge in [0.25, 0.3) is 0 Å². The maximum atomic E-state index is 11.6. The zero-order chi connectivity index (χ0) is 10.8. The van der Waals surface area contributed by atoms with Crippen LogP contribution in [0.2, 0.25) is 0 Å². The van der Waals surface area contributed by atoms with Gasteiger partial charge in [0, 0.05) is 17.9 Å². The first kappa shape index (κ1) is 10.7. The van der Waals surface area contributed by atoms with E-state index < -0.39 is 0 Å². The van der Waals surface area contributed by atoms with Crippen LogP contribution < -0.4 is 0 Å². The van der Waals surface area contributed by atoms with Crippen molar-refractivity contribution in [3.05, 3.63) is 34.9 Å². The minimum Gasteiger partial charge on any atom is -0.294 e. The molecule has 15 heavy (non-hydrogen) atoms. The molecule has 0 saturated heterocycles. The Kier molecular flexibility index (Phi) is 3.11. The zero-order valence-electron chi connectivity index (χ0n) is 8.92. The van der Waals surface area contributed by atoms with E-state index in [0.717, 1.165) is 24.3 Å². The van der Waals surface area contributed by atoms with Gasteiger partial charge in [-0.2, -0.15) is 0 Å². The minimum atomic E-state index is 0.160. The highest BCUT2D eigenvalue weighted by atomic mass is 35.5. The molecule has 0 spiro atoms. The number of carbonyl (C=O) groups excluding carboxylic acids is 1. The molecule has 1 aliphatic rings. The van der Waals surface area contributed by atoms with Crippen LogP contribution in [-0.4, -0.2) is 11.7 Å². The monoisotopic (exact) mass is 222 g/mol. The van der Waals surface area contributed by atoms with Crippen LogP contribution >= 0.6 is 11.6 Å². The molecular weight excluding hydrogens is 208 g/mol. The largest absolute Gasteiger partial charge is 0.294 e. The van der Waals surface area contributed by atoms with Gasteiger partial charge in [-0.25, -0.2) is 0 Å². The van der Waals surface area contributed by atoms with E-state index in [9.17, 15) is 4.79 Å². The first-order valence-electron chi connectivity index (χ1n) is 5.41. The fraction of sp³-hybridized carbons (Fsp3) is 0.462. The summed E-state index contributed by atoms with van der Waals surface area (Å²) in [5.41, 5.74) is 3.58. The molecule has 1 aromatic rings. The van der Waals surface area contributed by atoms with Gasteiger partial charge in [-0.15, -0.1) is 11.6 Å². The summed E-state index contributed by atoms with van der Waals surface area (Å²) in [5.74, 6) is 1.29. The van der Waals surface area contributed by atoms with Crippen molar-refractivity contribution < 1.29 is 4.79 Å². The van der Waals surface area contributed by atoms with Gasteiger partial charge in [0.2, 0.25) is 0 Å². The van der Waals surface area contributed by atoms with Crippen molar-refractivity contribution in [2.45, 2.75) is 26.2 Å². The third kappa shape index (κ3) is 2.23. The van der Waals surface area contributed by atoms with Crippen LogP contribution in [-0.2, 0) is 12.8 Å². The second-order valence-electron chi connectivity index (χ2n) is 4.36. The van der Waals surface area contributed by atoms with Gasteiger partial charge in [-0.3, -0.25) is 4.79 Å². The van der Waals surface area contributed by atoms with Crippen molar-refractivity contribution in [3.63, 3.8) is 0 Å². The Bertz CT molecular complexity index is 384. The zero-order valence-corrected chi connectivity index (χ0v) is 9.68. The molecule has 1 aromatic carbocycles. The predicted octanol–water partition coefficient (Wildman–Crippen LogP) is 3.23. The SMILES string of the molecule is CC1Cc2ccc(C(=O)CCCl)cc2C1. The Hall–Kier alpha value is -0.820. The number of Topliss-reactive ketones (excluding diaryl/α,β-unsaturated/α-hetero) is 1. The molecule has 0 fully saturated rings. The molecule has 0 radical (unpaired) electrons. The number of fused-ring (bicyclic) bond motifs is 1. The quantitative estimate of drug-likeness (QED) is 0.567. The third-order valence-electron chi connectivity index (χ3n) is 2.99. The number of rotatable bonds is 3. The van der Waals surface area contributed by atoms with E-state index in [2.05, 4.69) is 13.0 Å². The molecule has 0 aromatic heterocycles. The normalized spacial score (nSPS) is 18.9. The van der Waals surface area contributed by atoms with E-state index >= 15 is 0 Å². The lowest BCUT2D eigenvalue weighted by Gasteiger charge is -2.02. The Balaban J connectivity index is 2.23. The molecule has 0 amide bonds. The molecule has 0 N–H and O–H groups in total. The van der Waals surface area contributed by atoms with Crippen LogP contribution in [0.25, 0.3) is 0 Å². The summed E-state index contributed by atoms with van der Waals surface area (Å²) in [5, 5.41) is 0. The average molecular weight is 223 g/mol. The Morgan fingerprint density at radius 3 is 2.87 bits per heavy atom. The summed E-state index contributed by atoms with van der Waals surface area (Å²) in [7, 11) is 0. The standard InChI is InChI=1S/C13H15ClO/c1-9-6-10-2-3-11(8-12(10)7-9)13(15)4-5-14/h2-3,8-9H,4-7H2,1H3. The van der Waals surface area contributed by atoms with Crippen molar-refractivity contribution in [1.29, 1.82) is 0 Å². The van der Waals surface area contributed by atoms with Gasteiger partial charge in [0.1, 0.15) is 0 Å². The summed E-state index contributed by atoms with van der Waals surface area (Å²) >= 11 is 5.57. The van der Waals surface area contributed by atoms with Crippen LogP contribution in [0.5, 0.6) is 0 Å². The van der Waals surface area contributed by atoms with E-state index in [4.69, 9.17) is 11.6 Å². The molecule has 1 nitrogen and oxygen atoms in total. The number of ketones is 1. The molecule has 1 atom stereocenters. The van der Waals surface area contributed by atoms with Crippen LogP contribution in [0.3, 0.4) is 0 Å². The lowest BCUT2D eigenvalue weighted by molar-refractivity contribution is 0.0989. The van der Waals surface area contributed by atoms with Crippen molar-refractivity contribution in [2.24, 2.45) is 5.92 Å². The number of halogens is 1. The van der Waals surface area contributed by atoms with Gasteiger partial charge in [0.05, 0.1) is 0 Å². The van der Waals surface area contributed by atoms with E-state index in [1.165, 1.54) is 11.1 Å². The molecule has 0 saturated carbocycles. The fourth-order valence-electron chi connectivity index (χ4n) is 2.24. The first-order chi connectivity index (χ1) is 7.20. The smallest absolute Gasteiger partial charge is 0.164 e. The fourth-order valence-corrected chi connectivity index (χ4v) is 2.41. The molecule has 0 heterocycles. The highest BCUT2D eigenvalue weighted by Crippen LogP contribution is 2.27. The van der Waals surface area contributed by atoms with Gasteiger partial charge < -0.3 is 0 Å². The molecule has 1 unspecified atom stereocenters. The summed E-state index contributed by atoms with van der Waals surface area (Å²) in [6.45, 7) is 2.25. The predicted molar refractivity (Wildman–Crippen MR) is 62.7 cm³/mol. The van der Waals surface area contributed by atoms with Gasteiger partial charge in [-0.1, -0.05) is 19.1 Å². The van der Waals surface area contributed by atoms with E-state index in [-0.39, 0.29) is 5.78 Å². The maximum Gasteiger partial charge on any atom is 0.164 e. The number of hydrogen-bond donors (Lipinski definition) is 0. The average Bonchev–Trinajstić information content (AvgIpc) is 2.57. The summed E-state index contributed by atoms with van der Waals surface area (Å²) in [4.78, 5) is 11.6. The van der Waals surface area contributed by atoms with Crippen LogP contribution in [0.4, 0.5) is 0 Å². The Morgan fingerprint density at radius 1 is 1.40 bits per heavy atom. The Morgan fingerprint density at radius 2 is 2.13 bits per heavy atom. The molecular formula is C13H15ClO.